The van der Waals surface area contributed by atoms with Gasteiger partial charge in [0.25, 0.3) is 0 Å². The van der Waals surface area contributed by atoms with E-state index in [0.29, 0.717) is 11.8 Å². The average Bonchev–Trinajstić information content (AvgIpc) is 2.15. The molecule has 1 heteroatoms. The number of rotatable bonds is 3. The smallest absolute Gasteiger partial charge is 0.0656 e. The molecule has 0 aromatic heterocycles. The largest absolute Gasteiger partial charge is 0.0779 e. The fourth-order valence-corrected chi connectivity index (χ4v) is 3.92. The minimum atomic E-state index is -1.22. The molecule has 0 nitrogen and oxygen atoms in total. The molecule has 0 aliphatic heterocycles. The van der Waals surface area contributed by atoms with Gasteiger partial charge in [-0.05, 0) is 23.0 Å². The molecule has 0 saturated heterocycles. The Hall–Kier alpha value is -0.563. The van der Waals surface area contributed by atoms with Crippen LogP contribution in [-0.4, -0.2) is 8.07 Å². The highest BCUT2D eigenvalue weighted by Gasteiger charge is 2.22. The Labute approximate surface area is 102 Å². The monoisotopic (exact) mass is 234 g/mol. The second kappa shape index (κ2) is 4.75. The van der Waals surface area contributed by atoms with Gasteiger partial charge in [-0.2, -0.15) is 0 Å². The first-order valence-electron chi connectivity index (χ1n) is 6.37. The van der Waals surface area contributed by atoms with Crippen molar-refractivity contribution in [1.29, 1.82) is 0 Å². The van der Waals surface area contributed by atoms with E-state index in [0.717, 1.165) is 0 Å². The lowest BCUT2D eigenvalue weighted by atomic mass is 9.97. The molecular weight excluding hydrogens is 208 g/mol. The van der Waals surface area contributed by atoms with Crippen LogP contribution in [0.3, 0.4) is 0 Å². The summed E-state index contributed by atoms with van der Waals surface area (Å²) in [5.74, 6) is 1.28. The summed E-state index contributed by atoms with van der Waals surface area (Å²) in [6, 6.07) is 7.13. The Morgan fingerprint density at radius 1 is 0.875 bits per heavy atom. The van der Waals surface area contributed by atoms with E-state index in [4.69, 9.17) is 0 Å². The van der Waals surface area contributed by atoms with Crippen molar-refractivity contribution in [3.05, 3.63) is 29.3 Å². The van der Waals surface area contributed by atoms with Crippen LogP contribution < -0.4 is 5.19 Å². The molecule has 0 heterocycles. The van der Waals surface area contributed by atoms with Crippen LogP contribution in [0.1, 0.15) is 50.7 Å². The fraction of sp³-hybridized carbons (Fsp3) is 0.600. The SMILES string of the molecule is CC(C)c1ccc(C(C)C)c([Si](C)(C)C)c1. The highest BCUT2D eigenvalue weighted by Crippen LogP contribution is 2.21. The molecule has 1 aromatic carbocycles. The van der Waals surface area contributed by atoms with Crippen molar-refractivity contribution >= 4 is 13.3 Å². The molecule has 1 aromatic rings. The third-order valence-electron chi connectivity index (χ3n) is 3.17. The van der Waals surface area contributed by atoms with Crippen LogP contribution in [0.2, 0.25) is 19.6 Å². The first-order valence-corrected chi connectivity index (χ1v) is 9.87. The maximum Gasteiger partial charge on any atom is 0.0779 e. The maximum absolute atomic E-state index is 2.46. The van der Waals surface area contributed by atoms with Crippen LogP contribution in [0.5, 0.6) is 0 Å². The van der Waals surface area contributed by atoms with Gasteiger partial charge in [0.05, 0.1) is 8.07 Å². The summed E-state index contributed by atoms with van der Waals surface area (Å²) in [7, 11) is -1.22. The lowest BCUT2D eigenvalue weighted by Crippen LogP contribution is -2.40. The van der Waals surface area contributed by atoms with Gasteiger partial charge in [0.2, 0.25) is 0 Å². The molecule has 0 saturated carbocycles. The molecule has 0 aliphatic rings. The van der Waals surface area contributed by atoms with Crippen LogP contribution in [0, 0.1) is 0 Å². The maximum atomic E-state index is 2.46. The first-order chi connectivity index (χ1) is 7.23. The summed E-state index contributed by atoms with van der Waals surface area (Å²) in [5, 5.41) is 1.65. The van der Waals surface area contributed by atoms with E-state index in [2.05, 4.69) is 65.5 Å². The van der Waals surface area contributed by atoms with Gasteiger partial charge in [-0.3, -0.25) is 0 Å². The fourth-order valence-electron chi connectivity index (χ4n) is 2.09. The summed E-state index contributed by atoms with van der Waals surface area (Å²) in [6.45, 7) is 16.5. The van der Waals surface area contributed by atoms with Gasteiger partial charge >= 0.3 is 0 Å². The highest BCUT2D eigenvalue weighted by atomic mass is 28.3. The van der Waals surface area contributed by atoms with Gasteiger partial charge in [0.1, 0.15) is 0 Å². The summed E-state index contributed by atoms with van der Waals surface area (Å²) in [4.78, 5) is 0. The Kier molecular flexibility index (Phi) is 4.00. The van der Waals surface area contributed by atoms with Crippen LogP contribution in [-0.2, 0) is 0 Å². The predicted octanol–water partition coefficient (Wildman–Crippen LogP) is 4.48. The zero-order valence-electron chi connectivity index (χ0n) is 11.9. The van der Waals surface area contributed by atoms with Crippen molar-refractivity contribution in [2.45, 2.75) is 59.2 Å². The number of hydrogen-bond acceptors (Lipinski definition) is 0. The molecule has 90 valence electrons. The average molecular weight is 234 g/mol. The molecule has 0 fully saturated rings. The Morgan fingerprint density at radius 3 is 1.81 bits per heavy atom. The van der Waals surface area contributed by atoms with Crippen LogP contribution in [0.25, 0.3) is 0 Å². The molecule has 0 spiro atoms. The minimum Gasteiger partial charge on any atom is -0.0656 e. The van der Waals surface area contributed by atoms with Crippen molar-refractivity contribution in [3.63, 3.8) is 0 Å². The molecule has 0 unspecified atom stereocenters. The topological polar surface area (TPSA) is 0 Å². The number of benzene rings is 1. The molecule has 16 heavy (non-hydrogen) atoms. The molecule has 0 N–H and O–H groups in total. The van der Waals surface area contributed by atoms with Gasteiger partial charge in [-0.1, -0.05) is 70.7 Å². The van der Waals surface area contributed by atoms with Crippen molar-refractivity contribution in [1.82, 2.24) is 0 Å². The highest BCUT2D eigenvalue weighted by molar-refractivity contribution is 6.89. The lowest BCUT2D eigenvalue weighted by Gasteiger charge is -2.24. The molecule has 0 bridgehead atoms. The second-order valence-electron chi connectivity index (χ2n) is 6.41. The molecule has 0 atom stereocenters. The van der Waals surface area contributed by atoms with E-state index in [9.17, 15) is 0 Å². The Balaban J connectivity index is 3.33. The Bertz CT molecular complexity index is 356. The third-order valence-corrected chi connectivity index (χ3v) is 5.22. The molecule has 0 amide bonds. The normalized spacial score (nSPS) is 12.6. The van der Waals surface area contributed by atoms with E-state index in [1.807, 2.05) is 0 Å². The van der Waals surface area contributed by atoms with E-state index < -0.39 is 8.07 Å². The predicted molar refractivity (Wildman–Crippen MR) is 77.6 cm³/mol. The van der Waals surface area contributed by atoms with Gasteiger partial charge in [-0.25, -0.2) is 0 Å². The molecule has 0 radical (unpaired) electrons. The van der Waals surface area contributed by atoms with Gasteiger partial charge in [0.15, 0.2) is 0 Å². The van der Waals surface area contributed by atoms with E-state index in [1.54, 1.807) is 10.8 Å². The molecule has 0 aliphatic carbocycles. The summed E-state index contributed by atoms with van der Waals surface area (Å²) < 4.78 is 0. The van der Waals surface area contributed by atoms with Crippen molar-refractivity contribution in [2.24, 2.45) is 0 Å². The van der Waals surface area contributed by atoms with E-state index >= 15 is 0 Å². The minimum absolute atomic E-state index is 0.635. The number of hydrogen-bond donors (Lipinski definition) is 0. The summed E-state index contributed by atoms with van der Waals surface area (Å²) in [5.41, 5.74) is 3.05. The van der Waals surface area contributed by atoms with Gasteiger partial charge in [-0.15, -0.1) is 0 Å². The zero-order chi connectivity index (χ0) is 12.5. The molecular formula is C15H26Si. The first kappa shape index (κ1) is 13.5. The lowest BCUT2D eigenvalue weighted by molar-refractivity contribution is 0.850. The summed E-state index contributed by atoms with van der Waals surface area (Å²) >= 11 is 0. The second-order valence-corrected chi connectivity index (χ2v) is 11.4. The summed E-state index contributed by atoms with van der Waals surface area (Å²) in [6.07, 6.45) is 0. The standard InChI is InChI=1S/C15H26Si/c1-11(2)13-8-9-14(12(3)4)15(10-13)16(5,6)7/h8-12H,1-7H3. The van der Waals surface area contributed by atoms with Crippen molar-refractivity contribution in [2.75, 3.05) is 0 Å². The van der Waals surface area contributed by atoms with Gasteiger partial charge < -0.3 is 0 Å². The van der Waals surface area contributed by atoms with Gasteiger partial charge in [0, 0.05) is 0 Å². The van der Waals surface area contributed by atoms with Crippen LogP contribution in [0.4, 0.5) is 0 Å². The quantitative estimate of drug-likeness (QED) is 0.677. The third kappa shape index (κ3) is 2.97. The zero-order valence-corrected chi connectivity index (χ0v) is 12.9. The van der Waals surface area contributed by atoms with Crippen LogP contribution in [0.15, 0.2) is 18.2 Å². The van der Waals surface area contributed by atoms with Crippen molar-refractivity contribution in [3.8, 4) is 0 Å². The Morgan fingerprint density at radius 2 is 1.44 bits per heavy atom. The van der Waals surface area contributed by atoms with Crippen molar-refractivity contribution < 1.29 is 0 Å². The molecule has 1 rings (SSSR count). The van der Waals surface area contributed by atoms with E-state index in [1.165, 1.54) is 5.56 Å². The van der Waals surface area contributed by atoms with E-state index in [-0.39, 0.29) is 0 Å². The van der Waals surface area contributed by atoms with Crippen LogP contribution >= 0.6 is 0 Å².